The van der Waals surface area contributed by atoms with Gasteiger partial charge in [0.15, 0.2) is 0 Å². The molecule has 0 spiro atoms. The molecule has 2 amide bonds. The van der Waals surface area contributed by atoms with E-state index in [9.17, 15) is 9.59 Å². The van der Waals surface area contributed by atoms with Crippen molar-refractivity contribution in [3.8, 4) is 0 Å². The molecule has 1 aromatic rings. The number of carbonyl (C=O) groups is 2. The van der Waals surface area contributed by atoms with Crippen LogP contribution >= 0.6 is 11.6 Å². The van der Waals surface area contributed by atoms with E-state index in [1.54, 1.807) is 20.2 Å². The molecule has 0 aliphatic heterocycles. The van der Waals surface area contributed by atoms with Crippen LogP contribution in [0.1, 0.15) is 17.3 Å². The number of hydrogen-bond donors (Lipinski definition) is 2. The lowest BCUT2D eigenvalue weighted by Gasteiger charge is -2.24. The number of carboxylic acids is 1. The molecule has 0 aliphatic carbocycles. The van der Waals surface area contributed by atoms with Gasteiger partial charge in [0, 0.05) is 19.8 Å². The van der Waals surface area contributed by atoms with Gasteiger partial charge in [0.25, 0.3) is 0 Å². The van der Waals surface area contributed by atoms with Crippen LogP contribution in [0, 0.1) is 0 Å². The van der Waals surface area contributed by atoms with Crippen LogP contribution in [0.5, 0.6) is 0 Å². The lowest BCUT2D eigenvalue weighted by atomic mass is 10.2. The lowest BCUT2D eigenvalue weighted by molar-refractivity contribution is 0.0697. The molecular formula is C13H17ClN2O4. The zero-order chi connectivity index (χ0) is 15.3. The van der Waals surface area contributed by atoms with Gasteiger partial charge in [-0.25, -0.2) is 9.59 Å². The van der Waals surface area contributed by atoms with E-state index in [2.05, 4.69) is 5.32 Å². The van der Waals surface area contributed by atoms with Crippen molar-refractivity contribution in [1.29, 1.82) is 0 Å². The normalized spacial score (nSPS) is 11.8. The molecular weight excluding hydrogens is 284 g/mol. The molecule has 0 fully saturated rings. The number of ether oxygens (including phenoxy) is 1. The van der Waals surface area contributed by atoms with Crippen molar-refractivity contribution in [2.75, 3.05) is 26.1 Å². The number of nitrogens with one attached hydrogen (secondary N) is 1. The molecule has 0 saturated heterocycles. The predicted molar refractivity (Wildman–Crippen MR) is 76.5 cm³/mol. The van der Waals surface area contributed by atoms with Gasteiger partial charge >= 0.3 is 12.0 Å². The van der Waals surface area contributed by atoms with Crippen LogP contribution in [0.2, 0.25) is 5.02 Å². The maximum Gasteiger partial charge on any atom is 0.337 e. The molecule has 6 nitrogen and oxygen atoms in total. The first-order valence-electron chi connectivity index (χ1n) is 5.92. The second-order valence-corrected chi connectivity index (χ2v) is 4.75. The fourth-order valence-corrected chi connectivity index (χ4v) is 1.73. The summed E-state index contributed by atoms with van der Waals surface area (Å²) >= 11 is 5.76. The number of halogens is 1. The Morgan fingerprint density at radius 1 is 1.50 bits per heavy atom. The van der Waals surface area contributed by atoms with Crippen molar-refractivity contribution in [2.24, 2.45) is 0 Å². The summed E-state index contributed by atoms with van der Waals surface area (Å²) in [4.78, 5) is 24.4. The molecule has 1 aromatic carbocycles. The first-order chi connectivity index (χ1) is 9.36. The number of hydrogen-bond acceptors (Lipinski definition) is 3. The summed E-state index contributed by atoms with van der Waals surface area (Å²) in [6.45, 7) is 2.25. The second kappa shape index (κ2) is 7.12. The Morgan fingerprint density at radius 2 is 2.15 bits per heavy atom. The van der Waals surface area contributed by atoms with Crippen LogP contribution in [0.4, 0.5) is 10.5 Å². The highest BCUT2D eigenvalue weighted by atomic mass is 35.5. The third-order valence-corrected chi connectivity index (χ3v) is 3.17. The summed E-state index contributed by atoms with van der Waals surface area (Å²) in [6, 6.07) is 3.83. The van der Waals surface area contributed by atoms with E-state index >= 15 is 0 Å². The van der Waals surface area contributed by atoms with E-state index in [4.69, 9.17) is 21.4 Å². The van der Waals surface area contributed by atoms with Crippen LogP contribution in [-0.2, 0) is 4.74 Å². The maximum atomic E-state index is 12.0. The SMILES string of the molecule is COCC(C)N(C)C(=O)Nc1ccc(Cl)c(C(=O)O)c1. The Kier molecular flexibility index (Phi) is 5.79. The Labute approximate surface area is 122 Å². The molecule has 0 radical (unpaired) electrons. The Morgan fingerprint density at radius 3 is 2.70 bits per heavy atom. The van der Waals surface area contributed by atoms with E-state index < -0.39 is 5.97 Å². The molecule has 0 saturated carbocycles. The molecule has 0 bridgehead atoms. The van der Waals surface area contributed by atoms with Gasteiger partial charge in [-0.05, 0) is 25.1 Å². The third kappa shape index (κ3) is 4.11. The Bertz CT molecular complexity index is 507. The minimum absolute atomic E-state index is 0.0583. The number of carboxylic acid groups (broad SMARTS) is 1. The van der Waals surface area contributed by atoms with E-state index in [1.807, 2.05) is 6.92 Å². The first-order valence-corrected chi connectivity index (χ1v) is 6.30. The highest BCUT2D eigenvalue weighted by Crippen LogP contribution is 2.20. The fraction of sp³-hybridized carbons (Fsp3) is 0.385. The zero-order valence-electron chi connectivity index (χ0n) is 11.5. The van der Waals surface area contributed by atoms with Gasteiger partial charge in [0.05, 0.1) is 23.2 Å². The highest BCUT2D eigenvalue weighted by molar-refractivity contribution is 6.33. The molecule has 0 aliphatic rings. The van der Waals surface area contributed by atoms with Crippen LogP contribution in [-0.4, -0.2) is 48.8 Å². The van der Waals surface area contributed by atoms with Crippen molar-refractivity contribution in [3.05, 3.63) is 28.8 Å². The van der Waals surface area contributed by atoms with E-state index in [1.165, 1.54) is 17.0 Å². The number of amides is 2. The maximum absolute atomic E-state index is 12.0. The first kappa shape index (κ1) is 16.3. The average Bonchev–Trinajstić information content (AvgIpc) is 2.39. The van der Waals surface area contributed by atoms with Gasteiger partial charge in [0.2, 0.25) is 0 Å². The van der Waals surface area contributed by atoms with Gasteiger partial charge in [-0.1, -0.05) is 11.6 Å². The summed E-state index contributed by atoms with van der Waals surface area (Å²) in [6.07, 6.45) is 0. The van der Waals surface area contributed by atoms with Gasteiger partial charge in [-0.2, -0.15) is 0 Å². The summed E-state index contributed by atoms with van der Waals surface area (Å²) in [5.41, 5.74) is 0.310. The number of rotatable bonds is 5. The number of methoxy groups -OCH3 is 1. The standard InChI is InChI=1S/C13H17ClN2O4/c1-8(7-20-3)16(2)13(19)15-9-4-5-11(14)10(6-9)12(17)18/h4-6,8H,7H2,1-3H3,(H,15,19)(H,17,18). The van der Waals surface area contributed by atoms with Gasteiger partial charge in [0.1, 0.15) is 0 Å². The molecule has 0 heterocycles. The number of nitrogens with zero attached hydrogens (tertiary/aromatic N) is 1. The number of likely N-dealkylation sites (N-methyl/N-ethyl adjacent to an activating group) is 1. The molecule has 2 N–H and O–H groups in total. The smallest absolute Gasteiger partial charge is 0.337 e. The summed E-state index contributed by atoms with van der Waals surface area (Å²) < 4.78 is 4.97. The molecule has 1 unspecified atom stereocenters. The fourth-order valence-electron chi connectivity index (χ4n) is 1.53. The van der Waals surface area contributed by atoms with Gasteiger partial charge < -0.3 is 20.1 Å². The monoisotopic (exact) mass is 300 g/mol. The number of urea groups is 1. The topological polar surface area (TPSA) is 78.9 Å². The molecule has 0 aromatic heterocycles. The summed E-state index contributed by atoms with van der Waals surface area (Å²) in [7, 11) is 3.19. The number of benzene rings is 1. The molecule has 1 rings (SSSR count). The Balaban J connectivity index is 2.80. The average molecular weight is 301 g/mol. The number of aromatic carboxylic acids is 1. The van der Waals surface area contributed by atoms with Crippen LogP contribution in [0.25, 0.3) is 0 Å². The number of anilines is 1. The summed E-state index contributed by atoms with van der Waals surface area (Å²) in [5, 5.41) is 11.7. The zero-order valence-corrected chi connectivity index (χ0v) is 12.3. The lowest BCUT2D eigenvalue weighted by Crippen LogP contribution is -2.40. The minimum Gasteiger partial charge on any atom is -0.478 e. The largest absolute Gasteiger partial charge is 0.478 e. The molecule has 110 valence electrons. The second-order valence-electron chi connectivity index (χ2n) is 4.35. The van der Waals surface area contributed by atoms with E-state index in [0.29, 0.717) is 12.3 Å². The van der Waals surface area contributed by atoms with E-state index in [0.717, 1.165) is 0 Å². The molecule has 1 atom stereocenters. The van der Waals surface area contributed by atoms with Gasteiger partial charge in [-0.15, -0.1) is 0 Å². The van der Waals surface area contributed by atoms with Gasteiger partial charge in [-0.3, -0.25) is 0 Å². The van der Waals surface area contributed by atoms with Crippen molar-refractivity contribution >= 4 is 29.3 Å². The van der Waals surface area contributed by atoms with Crippen LogP contribution in [0.3, 0.4) is 0 Å². The Hall–Kier alpha value is -1.79. The number of carbonyl (C=O) groups excluding carboxylic acids is 1. The summed E-state index contributed by atoms with van der Waals surface area (Å²) in [5.74, 6) is -1.15. The molecule has 20 heavy (non-hydrogen) atoms. The van der Waals surface area contributed by atoms with E-state index in [-0.39, 0.29) is 22.7 Å². The van der Waals surface area contributed by atoms with Crippen molar-refractivity contribution in [1.82, 2.24) is 4.90 Å². The van der Waals surface area contributed by atoms with Crippen molar-refractivity contribution in [3.63, 3.8) is 0 Å². The van der Waals surface area contributed by atoms with Crippen LogP contribution in [0.15, 0.2) is 18.2 Å². The molecule has 7 heteroatoms. The third-order valence-electron chi connectivity index (χ3n) is 2.84. The van der Waals surface area contributed by atoms with Crippen molar-refractivity contribution in [2.45, 2.75) is 13.0 Å². The minimum atomic E-state index is -1.15. The quantitative estimate of drug-likeness (QED) is 0.876. The predicted octanol–water partition coefficient (Wildman–Crippen LogP) is 2.54. The highest BCUT2D eigenvalue weighted by Gasteiger charge is 2.16. The van der Waals surface area contributed by atoms with Crippen molar-refractivity contribution < 1.29 is 19.4 Å². The van der Waals surface area contributed by atoms with Crippen LogP contribution < -0.4 is 5.32 Å².